The Labute approximate surface area is 216 Å². The third kappa shape index (κ3) is 16.9. The Bertz CT molecular complexity index is 433. The van der Waals surface area contributed by atoms with Crippen molar-refractivity contribution in [1.29, 1.82) is 0 Å². The number of hydrogen-bond donors (Lipinski definition) is 0. The smallest absolute Gasteiger partial charge is 0.101 e. The summed E-state index contributed by atoms with van der Waals surface area (Å²) in [5.74, 6) is 0. The molecule has 2 nitrogen and oxygen atoms in total. The lowest BCUT2D eigenvalue weighted by Crippen LogP contribution is -2.38. The molecule has 0 aromatic heterocycles. The van der Waals surface area contributed by atoms with Gasteiger partial charge in [-0.1, -0.05) is 149 Å². The van der Waals surface area contributed by atoms with Crippen molar-refractivity contribution in [2.75, 3.05) is 13.1 Å². The molecule has 1 rings (SSSR count). The highest BCUT2D eigenvalue weighted by atomic mass is 15.4. The normalized spacial score (nSPS) is 15.7. The van der Waals surface area contributed by atoms with Crippen molar-refractivity contribution >= 4 is 0 Å². The quantitative estimate of drug-likeness (QED) is 0.114. The molecule has 34 heavy (non-hydrogen) atoms. The van der Waals surface area contributed by atoms with Crippen LogP contribution in [0.2, 0.25) is 0 Å². The summed E-state index contributed by atoms with van der Waals surface area (Å²) in [6, 6.07) is 0. The zero-order chi connectivity index (χ0) is 24.5. The van der Waals surface area contributed by atoms with Gasteiger partial charge in [-0.3, -0.25) is 0 Å². The minimum absolute atomic E-state index is 0.636. The van der Waals surface area contributed by atoms with Crippen LogP contribution >= 0.6 is 0 Å². The molecule has 1 atom stereocenters. The summed E-state index contributed by atoms with van der Waals surface area (Å²) in [5, 5.41) is 0. The lowest BCUT2D eigenvalue weighted by molar-refractivity contribution is 0.142. The molecule has 0 amide bonds. The first-order chi connectivity index (χ1) is 16.8. The first-order valence-corrected chi connectivity index (χ1v) is 16.0. The molecule has 0 radical (unpaired) electrons. The lowest BCUT2D eigenvalue weighted by Gasteiger charge is -2.32. The topological polar surface area (TPSA) is 6.48 Å². The SMILES string of the molecule is CCCCCCCCCCCCCCCCCCC1N(CC)C=CN1CCCCCCCCC. The molecule has 0 fully saturated rings. The monoisotopic (exact) mass is 477 g/mol. The molecule has 1 aliphatic heterocycles. The summed E-state index contributed by atoms with van der Waals surface area (Å²) in [4.78, 5) is 5.20. The van der Waals surface area contributed by atoms with Crippen LogP contribution in [0.1, 0.15) is 175 Å². The van der Waals surface area contributed by atoms with E-state index in [0.717, 1.165) is 6.54 Å². The molecule has 1 aliphatic rings. The van der Waals surface area contributed by atoms with Crippen LogP contribution in [0, 0.1) is 0 Å². The van der Waals surface area contributed by atoms with Crippen molar-refractivity contribution in [1.82, 2.24) is 9.80 Å². The second-order valence-corrected chi connectivity index (χ2v) is 11.1. The predicted octanol–water partition coefficient (Wildman–Crippen LogP) is 10.8. The standard InChI is InChI=1S/C32H64N2/c1-4-7-9-11-13-14-15-16-17-18-19-20-21-22-24-26-28-32-33(6-3)30-31-34(32)29-27-25-23-12-10-8-5-2/h30-32H,4-29H2,1-3H3. The molecule has 202 valence electrons. The van der Waals surface area contributed by atoms with E-state index in [1.807, 2.05) is 0 Å². The minimum atomic E-state index is 0.636. The number of nitrogens with zero attached hydrogens (tertiary/aromatic N) is 2. The Kier molecular flexibility index (Phi) is 22.2. The van der Waals surface area contributed by atoms with Crippen molar-refractivity contribution in [2.24, 2.45) is 0 Å². The first kappa shape index (κ1) is 31.4. The van der Waals surface area contributed by atoms with Gasteiger partial charge in [-0.05, 0) is 26.2 Å². The highest BCUT2D eigenvalue weighted by Gasteiger charge is 2.23. The Morgan fingerprint density at radius 2 is 0.765 bits per heavy atom. The molecule has 0 saturated carbocycles. The Morgan fingerprint density at radius 1 is 0.412 bits per heavy atom. The van der Waals surface area contributed by atoms with Gasteiger partial charge in [0.1, 0.15) is 6.17 Å². The average Bonchev–Trinajstić information content (AvgIpc) is 3.24. The highest BCUT2D eigenvalue weighted by molar-refractivity contribution is 4.96. The average molecular weight is 477 g/mol. The first-order valence-electron chi connectivity index (χ1n) is 16.0. The second kappa shape index (κ2) is 24.1. The van der Waals surface area contributed by atoms with E-state index in [9.17, 15) is 0 Å². The summed E-state index contributed by atoms with van der Waals surface area (Å²) in [6.45, 7) is 9.32. The van der Waals surface area contributed by atoms with Crippen LogP contribution in [0.4, 0.5) is 0 Å². The van der Waals surface area contributed by atoms with Crippen LogP contribution in [-0.2, 0) is 0 Å². The fourth-order valence-corrected chi connectivity index (χ4v) is 5.56. The highest BCUT2D eigenvalue weighted by Crippen LogP contribution is 2.23. The predicted molar refractivity (Wildman–Crippen MR) is 154 cm³/mol. The lowest BCUT2D eigenvalue weighted by atomic mass is 10.0. The number of rotatable bonds is 26. The van der Waals surface area contributed by atoms with E-state index in [-0.39, 0.29) is 0 Å². The van der Waals surface area contributed by atoms with Gasteiger partial charge in [0, 0.05) is 25.5 Å². The fourth-order valence-electron chi connectivity index (χ4n) is 5.56. The Balaban J connectivity index is 1.94. The van der Waals surface area contributed by atoms with Crippen LogP contribution in [0.3, 0.4) is 0 Å². The van der Waals surface area contributed by atoms with Gasteiger partial charge in [0.05, 0.1) is 0 Å². The van der Waals surface area contributed by atoms with Gasteiger partial charge in [0.2, 0.25) is 0 Å². The molecule has 0 aliphatic carbocycles. The molecule has 0 saturated heterocycles. The fraction of sp³-hybridized carbons (Fsp3) is 0.938. The summed E-state index contributed by atoms with van der Waals surface area (Å²) in [7, 11) is 0. The molecule has 2 heteroatoms. The third-order valence-electron chi connectivity index (χ3n) is 7.92. The molecule has 1 heterocycles. The van der Waals surface area contributed by atoms with Crippen LogP contribution in [-0.4, -0.2) is 29.1 Å². The maximum Gasteiger partial charge on any atom is 0.101 e. The van der Waals surface area contributed by atoms with Crippen LogP contribution < -0.4 is 0 Å². The number of hydrogen-bond acceptors (Lipinski definition) is 2. The van der Waals surface area contributed by atoms with Gasteiger partial charge in [-0.15, -0.1) is 0 Å². The van der Waals surface area contributed by atoms with Crippen LogP contribution in [0.5, 0.6) is 0 Å². The Hall–Kier alpha value is -0.660. The molecule has 0 bridgehead atoms. The van der Waals surface area contributed by atoms with E-state index in [4.69, 9.17) is 0 Å². The summed E-state index contributed by atoms with van der Waals surface area (Å²) >= 11 is 0. The van der Waals surface area contributed by atoms with Gasteiger partial charge >= 0.3 is 0 Å². The summed E-state index contributed by atoms with van der Waals surface area (Å²) < 4.78 is 0. The minimum Gasteiger partial charge on any atom is -0.356 e. The van der Waals surface area contributed by atoms with Gasteiger partial charge in [-0.2, -0.15) is 0 Å². The van der Waals surface area contributed by atoms with E-state index in [1.165, 1.54) is 161 Å². The molecule has 0 spiro atoms. The third-order valence-corrected chi connectivity index (χ3v) is 7.92. The van der Waals surface area contributed by atoms with Crippen LogP contribution in [0.15, 0.2) is 12.4 Å². The Morgan fingerprint density at radius 3 is 1.18 bits per heavy atom. The van der Waals surface area contributed by atoms with Crippen molar-refractivity contribution in [2.45, 2.75) is 181 Å². The molecule has 1 unspecified atom stereocenters. The summed E-state index contributed by atoms with van der Waals surface area (Å²) in [6.07, 6.45) is 39.8. The molecule has 0 N–H and O–H groups in total. The van der Waals surface area contributed by atoms with Gasteiger partial charge in [0.15, 0.2) is 0 Å². The van der Waals surface area contributed by atoms with Gasteiger partial charge in [-0.25, -0.2) is 0 Å². The van der Waals surface area contributed by atoms with Crippen molar-refractivity contribution in [3.05, 3.63) is 12.4 Å². The van der Waals surface area contributed by atoms with E-state index in [1.54, 1.807) is 0 Å². The second-order valence-electron chi connectivity index (χ2n) is 11.1. The zero-order valence-corrected chi connectivity index (χ0v) is 24.0. The largest absolute Gasteiger partial charge is 0.356 e. The van der Waals surface area contributed by atoms with E-state index < -0.39 is 0 Å². The number of unbranched alkanes of at least 4 members (excludes halogenated alkanes) is 21. The van der Waals surface area contributed by atoms with Crippen molar-refractivity contribution in [3.63, 3.8) is 0 Å². The van der Waals surface area contributed by atoms with E-state index >= 15 is 0 Å². The molecule has 0 aromatic rings. The zero-order valence-electron chi connectivity index (χ0n) is 24.0. The molecular formula is C32H64N2. The van der Waals surface area contributed by atoms with Gasteiger partial charge in [0.25, 0.3) is 0 Å². The van der Waals surface area contributed by atoms with Crippen molar-refractivity contribution < 1.29 is 0 Å². The summed E-state index contributed by atoms with van der Waals surface area (Å²) in [5.41, 5.74) is 0. The molecular weight excluding hydrogens is 412 g/mol. The van der Waals surface area contributed by atoms with E-state index in [0.29, 0.717) is 6.17 Å². The van der Waals surface area contributed by atoms with Gasteiger partial charge < -0.3 is 9.80 Å². The molecule has 0 aromatic carbocycles. The van der Waals surface area contributed by atoms with E-state index in [2.05, 4.69) is 43.0 Å². The maximum absolute atomic E-state index is 2.64. The maximum atomic E-state index is 2.64. The van der Waals surface area contributed by atoms with Crippen molar-refractivity contribution in [3.8, 4) is 0 Å². The van der Waals surface area contributed by atoms with Crippen LogP contribution in [0.25, 0.3) is 0 Å².